The summed E-state index contributed by atoms with van der Waals surface area (Å²) in [5, 5.41) is 0. The predicted molar refractivity (Wildman–Crippen MR) is 104 cm³/mol. The molecule has 0 radical (unpaired) electrons. The third-order valence-corrected chi connectivity index (χ3v) is 5.86. The largest absolute Gasteiger partial charge is 0.366 e. The van der Waals surface area contributed by atoms with Crippen LogP contribution >= 0.6 is 0 Å². The number of amides is 2. The molecule has 1 unspecified atom stereocenters. The van der Waals surface area contributed by atoms with Gasteiger partial charge in [0.2, 0.25) is 5.91 Å². The molecule has 0 aliphatic carbocycles. The molecule has 0 spiro atoms. The number of hydrogen-bond donors (Lipinski definition) is 0. The summed E-state index contributed by atoms with van der Waals surface area (Å²) < 4.78 is 5.75. The van der Waals surface area contributed by atoms with Gasteiger partial charge in [-0.3, -0.25) is 14.5 Å². The van der Waals surface area contributed by atoms with Gasteiger partial charge >= 0.3 is 0 Å². The Morgan fingerprint density at radius 2 is 1.81 bits per heavy atom. The molecule has 0 bridgehead atoms. The Hall–Kier alpha value is -1.92. The maximum absolute atomic E-state index is 13.0. The Bertz CT molecular complexity index is 687. The molecule has 1 atom stereocenters. The number of piperidine rings is 1. The molecule has 4 rings (SSSR count). The second-order valence-electron chi connectivity index (χ2n) is 7.76. The summed E-state index contributed by atoms with van der Waals surface area (Å²) in [7, 11) is 0. The highest BCUT2D eigenvalue weighted by Gasteiger charge is 2.32. The van der Waals surface area contributed by atoms with Gasteiger partial charge in [0.15, 0.2) is 0 Å². The van der Waals surface area contributed by atoms with Crippen molar-refractivity contribution in [1.29, 1.82) is 0 Å². The molecule has 146 valence electrons. The van der Waals surface area contributed by atoms with E-state index in [1.165, 1.54) is 12.0 Å². The average molecular weight is 371 g/mol. The average Bonchev–Trinajstić information content (AvgIpc) is 2.73. The van der Waals surface area contributed by atoms with Crippen LogP contribution in [0.1, 0.15) is 31.2 Å². The van der Waals surface area contributed by atoms with Crippen molar-refractivity contribution in [2.24, 2.45) is 0 Å². The minimum absolute atomic E-state index is 0.0927. The number of aryl methyl sites for hydroxylation is 1. The van der Waals surface area contributed by atoms with Crippen molar-refractivity contribution in [3.8, 4) is 0 Å². The third-order valence-electron chi connectivity index (χ3n) is 5.86. The van der Waals surface area contributed by atoms with E-state index in [4.69, 9.17) is 4.74 Å². The van der Waals surface area contributed by atoms with Gasteiger partial charge in [0.1, 0.15) is 6.10 Å². The second-order valence-corrected chi connectivity index (χ2v) is 7.76. The second kappa shape index (κ2) is 8.40. The summed E-state index contributed by atoms with van der Waals surface area (Å²) in [6.07, 6.45) is 4.96. The molecule has 6 nitrogen and oxygen atoms in total. The van der Waals surface area contributed by atoms with E-state index < -0.39 is 6.10 Å². The highest BCUT2D eigenvalue weighted by atomic mass is 16.5. The Labute approximate surface area is 161 Å². The molecule has 0 N–H and O–H groups in total. The number of hydrogen-bond acceptors (Lipinski definition) is 4. The van der Waals surface area contributed by atoms with E-state index in [2.05, 4.69) is 11.0 Å². The first kappa shape index (κ1) is 18.4. The lowest BCUT2D eigenvalue weighted by Gasteiger charge is -2.37. The van der Waals surface area contributed by atoms with Crippen molar-refractivity contribution in [2.45, 2.75) is 38.2 Å². The van der Waals surface area contributed by atoms with Crippen molar-refractivity contribution in [3.63, 3.8) is 0 Å². The predicted octanol–water partition coefficient (Wildman–Crippen LogP) is 1.68. The Kier molecular flexibility index (Phi) is 5.74. The van der Waals surface area contributed by atoms with E-state index in [-0.39, 0.29) is 11.8 Å². The van der Waals surface area contributed by atoms with Crippen LogP contribution in [0.2, 0.25) is 0 Å². The number of para-hydroxylation sites is 1. The summed E-state index contributed by atoms with van der Waals surface area (Å²) in [5.74, 6) is 0.211. The molecule has 1 aromatic carbocycles. The van der Waals surface area contributed by atoms with Crippen molar-refractivity contribution in [3.05, 3.63) is 29.8 Å². The van der Waals surface area contributed by atoms with Gasteiger partial charge < -0.3 is 14.5 Å². The van der Waals surface area contributed by atoms with Crippen LogP contribution in [-0.4, -0.2) is 73.6 Å². The van der Waals surface area contributed by atoms with E-state index in [1.54, 1.807) is 0 Å². The lowest BCUT2D eigenvalue weighted by atomic mass is 10.0. The number of carbonyl (C=O) groups is 2. The van der Waals surface area contributed by atoms with Gasteiger partial charge in [0.05, 0.1) is 13.2 Å². The lowest BCUT2D eigenvalue weighted by molar-refractivity contribution is -0.151. The Balaban J connectivity index is 1.37. The van der Waals surface area contributed by atoms with E-state index in [0.29, 0.717) is 26.2 Å². The van der Waals surface area contributed by atoms with Crippen LogP contribution in [0.5, 0.6) is 0 Å². The highest BCUT2D eigenvalue weighted by Crippen LogP contribution is 2.27. The lowest BCUT2D eigenvalue weighted by Crippen LogP contribution is -2.54. The van der Waals surface area contributed by atoms with Gasteiger partial charge in [0, 0.05) is 38.4 Å². The van der Waals surface area contributed by atoms with Gasteiger partial charge in [-0.15, -0.1) is 0 Å². The van der Waals surface area contributed by atoms with Crippen LogP contribution in [-0.2, 0) is 20.7 Å². The van der Waals surface area contributed by atoms with Gasteiger partial charge in [0.25, 0.3) is 5.91 Å². The quantitative estimate of drug-likeness (QED) is 0.811. The van der Waals surface area contributed by atoms with Gasteiger partial charge in [-0.2, -0.15) is 0 Å². The van der Waals surface area contributed by atoms with E-state index in [0.717, 1.165) is 51.0 Å². The molecule has 3 aliphatic rings. The van der Waals surface area contributed by atoms with Crippen molar-refractivity contribution in [2.75, 3.05) is 50.8 Å². The molecule has 2 fully saturated rings. The van der Waals surface area contributed by atoms with Crippen LogP contribution in [0.4, 0.5) is 5.69 Å². The molecule has 3 heterocycles. The van der Waals surface area contributed by atoms with Crippen LogP contribution in [0.25, 0.3) is 0 Å². The summed E-state index contributed by atoms with van der Waals surface area (Å²) in [6.45, 7) is 4.51. The molecule has 0 saturated carbocycles. The van der Waals surface area contributed by atoms with Gasteiger partial charge in [-0.1, -0.05) is 18.2 Å². The van der Waals surface area contributed by atoms with Crippen molar-refractivity contribution < 1.29 is 14.3 Å². The van der Waals surface area contributed by atoms with E-state index in [1.807, 2.05) is 28.0 Å². The third kappa shape index (κ3) is 4.17. The summed E-state index contributed by atoms with van der Waals surface area (Å²) in [5.41, 5.74) is 2.29. The zero-order chi connectivity index (χ0) is 18.6. The fourth-order valence-corrected chi connectivity index (χ4v) is 4.38. The monoisotopic (exact) mass is 371 g/mol. The number of likely N-dealkylation sites (tertiary alicyclic amines) is 1. The SMILES string of the molecule is O=C(C1CN(CC(=O)N2CCCc3ccccc32)CCO1)N1CCCCC1. The molecule has 27 heavy (non-hydrogen) atoms. The molecule has 3 aliphatic heterocycles. The maximum Gasteiger partial charge on any atom is 0.253 e. The van der Waals surface area contributed by atoms with Crippen LogP contribution in [0.3, 0.4) is 0 Å². The number of rotatable bonds is 3. The van der Waals surface area contributed by atoms with Crippen molar-refractivity contribution in [1.82, 2.24) is 9.80 Å². The highest BCUT2D eigenvalue weighted by molar-refractivity contribution is 5.96. The Morgan fingerprint density at radius 1 is 1.00 bits per heavy atom. The standard InChI is InChI=1S/C21H29N3O3/c25-20(24-12-6-8-17-7-2-3-9-18(17)24)16-22-13-14-27-19(15-22)21(26)23-10-4-1-5-11-23/h2-3,7,9,19H,1,4-6,8,10-16H2. The molecular formula is C21H29N3O3. The summed E-state index contributed by atoms with van der Waals surface area (Å²) in [6, 6.07) is 8.17. The number of benzene rings is 1. The number of nitrogens with zero attached hydrogens (tertiary/aromatic N) is 3. The van der Waals surface area contributed by atoms with Crippen LogP contribution in [0.15, 0.2) is 24.3 Å². The maximum atomic E-state index is 13.0. The molecule has 1 aromatic rings. The van der Waals surface area contributed by atoms with E-state index in [9.17, 15) is 9.59 Å². The van der Waals surface area contributed by atoms with Crippen LogP contribution in [0, 0.1) is 0 Å². The van der Waals surface area contributed by atoms with Gasteiger partial charge in [-0.25, -0.2) is 0 Å². The molecule has 2 amide bonds. The van der Waals surface area contributed by atoms with E-state index >= 15 is 0 Å². The Morgan fingerprint density at radius 3 is 2.67 bits per heavy atom. The number of morpholine rings is 1. The minimum Gasteiger partial charge on any atom is -0.366 e. The van der Waals surface area contributed by atoms with Crippen LogP contribution < -0.4 is 4.90 Å². The zero-order valence-corrected chi connectivity index (χ0v) is 15.9. The molecule has 0 aromatic heterocycles. The summed E-state index contributed by atoms with van der Waals surface area (Å²) >= 11 is 0. The zero-order valence-electron chi connectivity index (χ0n) is 15.9. The number of fused-ring (bicyclic) bond motifs is 1. The first-order valence-corrected chi connectivity index (χ1v) is 10.2. The fraction of sp³-hybridized carbons (Fsp3) is 0.619. The van der Waals surface area contributed by atoms with Gasteiger partial charge in [-0.05, 0) is 43.7 Å². The molecule has 2 saturated heterocycles. The molecule has 6 heteroatoms. The number of ether oxygens (including phenoxy) is 1. The fourth-order valence-electron chi connectivity index (χ4n) is 4.38. The smallest absolute Gasteiger partial charge is 0.253 e. The topological polar surface area (TPSA) is 53.1 Å². The number of anilines is 1. The molecular weight excluding hydrogens is 342 g/mol. The first-order valence-electron chi connectivity index (χ1n) is 10.2. The minimum atomic E-state index is -0.432. The summed E-state index contributed by atoms with van der Waals surface area (Å²) in [4.78, 5) is 31.6. The normalized spacial score (nSPS) is 23.8. The number of carbonyl (C=O) groups excluding carboxylic acids is 2. The first-order chi connectivity index (χ1) is 13.2. The van der Waals surface area contributed by atoms with Crippen molar-refractivity contribution >= 4 is 17.5 Å².